The van der Waals surface area contributed by atoms with Gasteiger partial charge in [0, 0.05) is 12.2 Å². The lowest BCUT2D eigenvalue weighted by molar-refractivity contribution is -0.136. The Bertz CT molecular complexity index is 1120. The molecule has 0 radical (unpaired) electrons. The molecule has 2 amide bonds. The van der Waals surface area contributed by atoms with Gasteiger partial charge in [-0.3, -0.25) is 14.5 Å². The normalized spacial score (nSPS) is 13.7. The van der Waals surface area contributed by atoms with Crippen LogP contribution in [0.15, 0.2) is 84.6 Å². The quantitative estimate of drug-likeness (QED) is 0.585. The zero-order valence-electron chi connectivity index (χ0n) is 17.0. The first-order valence-corrected chi connectivity index (χ1v) is 9.88. The third kappa shape index (κ3) is 4.33. The van der Waals surface area contributed by atoms with E-state index in [1.807, 2.05) is 30.3 Å². The van der Waals surface area contributed by atoms with Gasteiger partial charge in [-0.25, -0.2) is 4.39 Å². The minimum absolute atomic E-state index is 0.197. The van der Waals surface area contributed by atoms with Crippen molar-refractivity contribution in [2.24, 2.45) is 0 Å². The maximum absolute atomic E-state index is 13.3. The molecule has 0 spiro atoms. The summed E-state index contributed by atoms with van der Waals surface area (Å²) in [6.07, 6.45) is 0.437. The molecule has 0 saturated carbocycles. The van der Waals surface area contributed by atoms with E-state index in [-0.39, 0.29) is 29.9 Å². The highest BCUT2D eigenvalue weighted by atomic mass is 19.1. The number of halogens is 1. The number of nitrogens with one attached hydrogen (secondary N) is 1. The van der Waals surface area contributed by atoms with E-state index in [0.717, 1.165) is 5.56 Å². The molecule has 3 aromatic carbocycles. The van der Waals surface area contributed by atoms with E-state index < -0.39 is 0 Å². The van der Waals surface area contributed by atoms with Crippen molar-refractivity contribution in [2.45, 2.75) is 6.42 Å². The molecule has 0 aliphatic carbocycles. The van der Waals surface area contributed by atoms with Crippen molar-refractivity contribution in [1.82, 2.24) is 4.90 Å². The number of methoxy groups -OCH3 is 1. The minimum atomic E-state index is -0.387. The van der Waals surface area contributed by atoms with Crippen LogP contribution < -0.4 is 10.1 Å². The Morgan fingerprint density at radius 2 is 1.55 bits per heavy atom. The van der Waals surface area contributed by atoms with Gasteiger partial charge in [0.1, 0.15) is 17.3 Å². The van der Waals surface area contributed by atoms with E-state index in [9.17, 15) is 14.0 Å². The second kappa shape index (κ2) is 8.83. The summed E-state index contributed by atoms with van der Waals surface area (Å²) in [7, 11) is 1.57. The third-order valence-corrected chi connectivity index (χ3v) is 5.13. The third-order valence-electron chi connectivity index (χ3n) is 5.13. The Kier molecular flexibility index (Phi) is 5.80. The lowest BCUT2D eigenvalue weighted by Crippen LogP contribution is -2.34. The van der Waals surface area contributed by atoms with Gasteiger partial charge in [-0.05, 0) is 53.9 Å². The van der Waals surface area contributed by atoms with Crippen LogP contribution in [-0.2, 0) is 16.0 Å². The zero-order valence-corrected chi connectivity index (χ0v) is 17.0. The molecule has 4 rings (SSSR count). The molecule has 1 aliphatic heterocycles. The van der Waals surface area contributed by atoms with Crippen molar-refractivity contribution in [1.29, 1.82) is 0 Å². The number of amides is 2. The minimum Gasteiger partial charge on any atom is -0.497 e. The fourth-order valence-electron chi connectivity index (χ4n) is 3.48. The molecule has 0 saturated heterocycles. The van der Waals surface area contributed by atoms with Crippen molar-refractivity contribution in [3.05, 3.63) is 102 Å². The predicted octanol–water partition coefficient (Wildman–Crippen LogP) is 4.27. The standard InChI is InChI=1S/C25H21FN2O3/c1-31-21-13-9-18(10-14-21)22-23(27-20-5-3-2-4-6-20)25(30)28(24(22)29)16-15-17-7-11-19(26)12-8-17/h2-14,27H,15-16H2,1H3. The van der Waals surface area contributed by atoms with Crippen LogP contribution in [0.1, 0.15) is 11.1 Å². The molecular formula is C25H21FN2O3. The Morgan fingerprint density at radius 1 is 0.871 bits per heavy atom. The predicted molar refractivity (Wildman–Crippen MR) is 117 cm³/mol. The number of anilines is 1. The fraction of sp³-hybridized carbons (Fsp3) is 0.120. The van der Waals surface area contributed by atoms with Crippen LogP contribution in [0.4, 0.5) is 10.1 Å². The molecule has 1 N–H and O–H groups in total. The van der Waals surface area contributed by atoms with E-state index >= 15 is 0 Å². The van der Waals surface area contributed by atoms with Gasteiger partial charge in [0.25, 0.3) is 11.8 Å². The summed E-state index contributed by atoms with van der Waals surface area (Å²) in [4.78, 5) is 27.7. The first-order valence-electron chi connectivity index (χ1n) is 9.88. The fourth-order valence-corrected chi connectivity index (χ4v) is 3.48. The number of carbonyl (C=O) groups is 2. The maximum atomic E-state index is 13.3. The molecule has 6 heteroatoms. The number of benzene rings is 3. The molecule has 0 bridgehead atoms. The SMILES string of the molecule is COc1ccc(C2=C(Nc3ccccc3)C(=O)N(CCc3ccc(F)cc3)C2=O)cc1. The molecule has 5 nitrogen and oxygen atoms in total. The number of hydrogen-bond donors (Lipinski definition) is 1. The van der Waals surface area contributed by atoms with Crippen molar-refractivity contribution in [3.8, 4) is 5.75 Å². The van der Waals surface area contributed by atoms with E-state index in [1.54, 1.807) is 43.5 Å². The van der Waals surface area contributed by atoms with E-state index in [2.05, 4.69) is 5.32 Å². The lowest BCUT2D eigenvalue weighted by Gasteiger charge is -2.15. The van der Waals surface area contributed by atoms with Gasteiger partial charge in [0.05, 0.1) is 12.7 Å². The number of ether oxygens (including phenoxy) is 1. The average Bonchev–Trinajstić information content (AvgIpc) is 3.03. The molecule has 1 heterocycles. The summed E-state index contributed by atoms with van der Waals surface area (Å²) in [6.45, 7) is 0.197. The summed E-state index contributed by atoms with van der Waals surface area (Å²) in [5.41, 5.74) is 2.74. The van der Waals surface area contributed by atoms with Gasteiger partial charge in [0.2, 0.25) is 0 Å². The van der Waals surface area contributed by atoms with Crippen LogP contribution in [0, 0.1) is 5.82 Å². The van der Waals surface area contributed by atoms with Crippen molar-refractivity contribution in [3.63, 3.8) is 0 Å². The highest BCUT2D eigenvalue weighted by Gasteiger charge is 2.38. The van der Waals surface area contributed by atoms with E-state index in [0.29, 0.717) is 29.0 Å². The molecule has 31 heavy (non-hydrogen) atoms. The first kappa shape index (κ1) is 20.3. The smallest absolute Gasteiger partial charge is 0.278 e. The van der Waals surface area contributed by atoms with Gasteiger partial charge in [-0.1, -0.05) is 42.5 Å². The van der Waals surface area contributed by atoms with Crippen molar-refractivity contribution in [2.75, 3.05) is 19.0 Å². The Hall–Kier alpha value is -3.93. The van der Waals surface area contributed by atoms with Gasteiger partial charge in [-0.15, -0.1) is 0 Å². The highest BCUT2D eigenvalue weighted by Crippen LogP contribution is 2.31. The van der Waals surface area contributed by atoms with Gasteiger partial charge in [0.15, 0.2) is 0 Å². The van der Waals surface area contributed by atoms with Crippen molar-refractivity contribution >= 4 is 23.1 Å². The molecule has 3 aromatic rings. The zero-order chi connectivity index (χ0) is 21.8. The Labute approximate surface area is 179 Å². The summed E-state index contributed by atoms with van der Waals surface area (Å²) >= 11 is 0. The number of hydrogen-bond acceptors (Lipinski definition) is 4. The average molecular weight is 416 g/mol. The van der Waals surface area contributed by atoms with Gasteiger partial charge < -0.3 is 10.1 Å². The summed E-state index contributed by atoms with van der Waals surface area (Å²) in [6, 6.07) is 22.3. The van der Waals surface area contributed by atoms with Crippen LogP contribution in [0.5, 0.6) is 5.75 Å². The molecule has 0 atom stereocenters. The topological polar surface area (TPSA) is 58.6 Å². The van der Waals surface area contributed by atoms with Crippen molar-refractivity contribution < 1.29 is 18.7 Å². The highest BCUT2D eigenvalue weighted by molar-refractivity contribution is 6.36. The second-order valence-electron chi connectivity index (χ2n) is 7.11. The number of para-hydroxylation sites is 1. The summed E-state index contributed by atoms with van der Waals surface area (Å²) < 4.78 is 18.4. The monoisotopic (exact) mass is 416 g/mol. The molecule has 156 valence electrons. The molecule has 0 unspecified atom stereocenters. The summed E-state index contributed by atoms with van der Waals surface area (Å²) in [5.74, 6) is -0.417. The van der Waals surface area contributed by atoms with Crippen LogP contribution in [0.2, 0.25) is 0 Å². The number of nitrogens with zero attached hydrogens (tertiary/aromatic N) is 1. The first-order chi connectivity index (χ1) is 15.1. The Morgan fingerprint density at radius 3 is 2.19 bits per heavy atom. The molecule has 0 fully saturated rings. The van der Waals surface area contributed by atoms with Gasteiger partial charge >= 0.3 is 0 Å². The maximum Gasteiger partial charge on any atom is 0.278 e. The lowest BCUT2D eigenvalue weighted by atomic mass is 10.0. The molecule has 0 aromatic heterocycles. The van der Waals surface area contributed by atoms with E-state index in [1.165, 1.54) is 17.0 Å². The molecule has 1 aliphatic rings. The number of imide groups is 1. The molecular weight excluding hydrogens is 395 g/mol. The number of carbonyl (C=O) groups excluding carboxylic acids is 2. The van der Waals surface area contributed by atoms with Crippen LogP contribution >= 0.6 is 0 Å². The second-order valence-corrected chi connectivity index (χ2v) is 7.11. The largest absolute Gasteiger partial charge is 0.497 e. The van der Waals surface area contributed by atoms with Crippen LogP contribution in [-0.4, -0.2) is 30.4 Å². The van der Waals surface area contributed by atoms with E-state index in [4.69, 9.17) is 4.74 Å². The number of rotatable bonds is 7. The Balaban J connectivity index is 1.64. The van der Waals surface area contributed by atoms with Gasteiger partial charge in [-0.2, -0.15) is 0 Å². The summed E-state index contributed by atoms with van der Waals surface area (Å²) in [5, 5.41) is 3.12. The van der Waals surface area contributed by atoms with Crippen LogP contribution in [0.3, 0.4) is 0 Å². The van der Waals surface area contributed by atoms with Crippen LogP contribution in [0.25, 0.3) is 5.57 Å².